The van der Waals surface area contributed by atoms with Crippen molar-refractivity contribution in [2.24, 2.45) is 5.92 Å². The van der Waals surface area contributed by atoms with Gasteiger partial charge in [0.2, 0.25) is 0 Å². The zero-order valence-corrected chi connectivity index (χ0v) is 7.29. The highest BCUT2D eigenvalue weighted by Crippen LogP contribution is 2.04. The third-order valence-corrected chi connectivity index (χ3v) is 1.55. The van der Waals surface area contributed by atoms with Crippen molar-refractivity contribution < 1.29 is 5.11 Å². The number of rotatable bonds is 2. The van der Waals surface area contributed by atoms with Crippen LogP contribution in [0.15, 0.2) is 10.2 Å². The van der Waals surface area contributed by atoms with E-state index >= 15 is 0 Å². The Bertz CT molecular complexity index is 78.6. The summed E-state index contributed by atoms with van der Waals surface area (Å²) in [7, 11) is 0. The second-order valence-electron chi connectivity index (χ2n) is 1.92. The Morgan fingerprint density at radius 2 is 2.00 bits per heavy atom. The van der Waals surface area contributed by atoms with Crippen molar-refractivity contribution in [3.8, 4) is 0 Å². The molecule has 0 heterocycles. The molecule has 0 rings (SSSR count). The first-order chi connectivity index (χ1) is 3.68. The number of hydrogen-bond acceptors (Lipinski definition) is 1. The molecule has 2 heteroatoms. The molecule has 2 atom stereocenters. The van der Waals surface area contributed by atoms with Crippen LogP contribution in [0.2, 0.25) is 0 Å². The Morgan fingerprint density at radius 1 is 1.50 bits per heavy atom. The van der Waals surface area contributed by atoms with E-state index < -0.39 is 0 Å². The van der Waals surface area contributed by atoms with Gasteiger partial charge in [-0.05, 0) is 11.0 Å². The zero-order valence-electron chi connectivity index (χ0n) is 5.13. The Labute approximate surface area is 63.9 Å². The lowest BCUT2D eigenvalue weighted by Crippen LogP contribution is -2.09. The minimum Gasteiger partial charge on any atom is -0.393 e. The molecule has 0 spiro atoms. The van der Waals surface area contributed by atoms with Crippen LogP contribution in [0, 0.1) is 5.92 Å². The summed E-state index contributed by atoms with van der Waals surface area (Å²) in [5, 5.41) is 8.90. The highest BCUT2D eigenvalue weighted by atomic mass is 127. The van der Waals surface area contributed by atoms with Gasteiger partial charge in [0.15, 0.2) is 0 Å². The predicted molar refractivity (Wildman–Crippen MR) is 44.0 cm³/mol. The molecule has 8 heavy (non-hydrogen) atoms. The van der Waals surface area contributed by atoms with E-state index in [1.807, 2.05) is 17.1 Å². The minimum atomic E-state index is -0.221. The third-order valence-electron chi connectivity index (χ3n) is 1.14. The van der Waals surface area contributed by atoms with Crippen molar-refractivity contribution in [3.05, 3.63) is 10.2 Å². The number of aliphatic hydroxyl groups excluding tert-OH is 1. The SMILES string of the molecule is C[C@@H](O)[C@@H](C)/C=C\I. The smallest absolute Gasteiger partial charge is 0.0572 e. The van der Waals surface area contributed by atoms with Crippen molar-refractivity contribution in [1.82, 2.24) is 0 Å². The largest absolute Gasteiger partial charge is 0.393 e. The van der Waals surface area contributed by atoms with E-state index in [-0.39, 0.29) is 12.0 Å². The normalized spacial score (nSPS) is 19.0. The lowest BCUT2D eigenvalue weighted by molar-refractivity contribution is 0.157. The highest BCUT2D eigenvalue weighted by molar-refractivity contribution is 14.1. The Morgan fingerprint density at radius 3 is 2.12 bits per heavy atom. The Balaban J connectivity index is 3.47. The Hall–Kier alpha value is 0.430. The fraction of sp³-hybridized carbons (Fsp3) is 0.667. The van der Waals surface area contributed by atoms with E-state index in [9.17, 15) is 0 Å². The topological polar surface area (TPSA) is 20.2 Å². The van der Waals surface area contributed by atoms with Gasteiger partial charge < -0.3 is 5.11 Å². The molecule has 0 aromatic rings. The van der Waals surface area contributed by atoms with Crippen LogP contribution in [0.5, 0.6) is 0 Å². The van der Waals surface area contributed by atoms with Gasteiger partial charge in [0.05, 0.1) is 6.10 Å². The molecule has 0 aliphatic heterocycles. The maximum atomic E-state index is 8.90. The molecular weight excluding hydrogens is 215 g/mol. The predicted octanol–water partition coefficient (Wildman–Crippen LogP) is 1.95. The molecular formula is C6H11IO. The summed E-state index contributed by atoms with van der Waals surface area (Å²) in [5.41, 5.74) is 0. The molecule has 0 fully saturated rings. The molecule has 48 valence electrons. The van der Waals surface area contributed by atoms with Crippen molar-refractivity contribution in [1.29, 1.82) is 0 Å². The van der Waals surface area contributed by atoms with Gasteiger partial charge >= 0.3 is 0 Å². The molecule has 0 saturated carbocycles. The van der Waals surface area contributed by atoms with E-state index in [0.717, 1.165) is 0 Å². The average molecular weight is 226 g/mol. The van der Waals surface area contributed by atoms with E-state index in [1.165, 1.54) is 0 Å². The van der Waals surface area contributed by atoms with Crippen LogP contribution in [-0.2, 0) is 0 Å². The van der Waals surface area contributed by atoms with Crippen molar-refractivity contribution in [3.63, 3.8) is 0 Å². The summed E-state index contributed by atoms with van der Waals surface area (Å²) < 4.78 is 1.93. The van der Waals surface area contributed by atoms with Crippen LogP contribution in [0.3, 0.4) is 0 Å². The third kappa shape index (κ3) is 3.43. The van der Waals surface area contributed by atoms with Gasteiger partial charge in [-0.2, -0.15) is 0 Å². The summed E-state index contributed by atoms with van der Waals surface area (Å²) in [6.07, 6.45) is 1.76. The first-order valence-electron chi connectivity index (χ1n) is 2.63. The molecule has 0 saturated heterocycles. The monoisotopic (exact) mass is 226 g/mol. The number of hydrogen-bond donors (Lipinski definition) is 1. The van der Waals surface area contributed by atoms with Crippen molar-refractivity contribution in [2.45, 2.75) is 20.0 Å². The molecule has 1 N–H and O–H groups in total. The summed E-state index contributed by atoms with van der Waals surface area (Å²) in [6.45, 7) is 3.78. The molecule has 1 nitrogen and oxygen atoms in total. The fourth-order valence-electron chi connectivity index (χ4n) is 0.276. The minimum absolute atomic E-state index is 0.221. The fourth-order valence-corrected chi connectivity index (χ4v) is 0.930. The maximum Gasteiger partial charge on any atom is 0.0572 e. The van der Waals surface area contributed by atoms with Crippen LogP contribution < -0.4 is 0 Å². The molecule has 0 amide bonds. The van der Waals surface area contributed by atoms with Crippen molar-refractivity contribution in [2.75, 3.05) is 0 Å². The van der Waals surface area contributed by atoms with Crippen LogP contribution >= 0.6 is 22.6 Å². The second-order valence-corrected chi connectivity index (χ2v) is 2.64. The number of aliphatic hydroxyl groups is 1. The molecule has 0 unspecified atom stereocenters. The van der Waals surface area contributed by atoms with E-state index in [4.69, 9.17) is 5.11 Å². The highest BCUT2D eigenvalue weighted by Gasteiger charge is 2.01. The average Bonchev–Trinajstić information content (AvgIpc) is 1.67. The lowest BCUT2D eigenvalue weighted by atomic mass is 10.1. The van der Waals surface area contributed by atoms with Gasteiger partial charge in [-0.3, -0.25) is 0 Å². The maximum absolute atomic E-state index is 8.90. The van der Waals surface area contributed by atoms with Gasteiger partial charge in [-0.15, -0.1) is 0 Å². The van der Waals surface area contributed by atoms with E-state index in [2.05, 4.69) is 22.6 Å². The zero-order chi connectivity index (χ0) is 6.57. The first kappa shape index (κ1) is 8.43. The van der Waals surface area contributed by atoms with Gasteiger partial charge in [-0.25, -0.2) is 0 Å². The van der Waals surface area contributed by atoms with Crippen LogP contribution in [0.4, 0.5) is 0 Å². The van der Waals surface area contributed by atoms with Gasteiger partial charge in [0.25, 0.3) is 0 Å². The van der Waals surface area contributed by atoms with Crippen molar-refractivity contribution >= 4 is 22.6 Å². The summed E-state index contributed by atoms with van der Waals surface area (Å²) in [5.74, 6) is 0.284. The molecule has 0 aliphatic carbocycles. The first-order valence-corrected chi connectivity index (χ1v) is 3.88. The summed E-state index contributed by atoms with van der Waals surface area (Å²) >= 11 is 2.14. The van der Waals surface area contributed by atoms with Crippen LogP contribution in [0.25, 0.3) is 0 Å². The Kier molecular flexibility index (Phi) is 4.56. The summed E-state index contributed by atoms with van der Waals surface area (Å²) in [4.78, 5) is 0. The van der Waals surface area contributed by atoms with Gasteiger partial charge in [0.1, 0.15) is 0 Å². The molecule has 0 aromatic heterocycles. The van der Waals surface area contributed by atoms with Gasteiger partial charge in [-0.1, -0.05) is 35.6 Å². The van der Waals surface area contributed by atoms with Crippen LogP contribution in [-0.4, -0.2) is 11.2 Å². The second kappa shape index (κ2) is 4.32. The van der Waals surface area contributed by atoms with E-state index in [1.54, 1.807) is 6.92 Å². The molecule has 0 aliphatic rings. The quantitative estimate of drug-likeness (QED) is 0.713. The van der Waals surface area contributed by atoms with E-state index in [0.29, 0.717) is 0 Å². The molecule has 0 radical (unpaired) electrons. The lowest BCUT2D eigenvalue weighted by Gasteiger charge is -2.06. The summed E-state index contributed by atoms with van der Waals surface area (Å²) in [6, 6.07) is 0. The van der Waals surface area contributed by atoms with Gasteiger partial charge in [0, 0.05) is 5.92 Å². The molecule has 0 bridgehead atoms. The standard InChI is InChI=1S/C6H11IO/c1-5(3-4-7)6(2)8/h3-6,8H,1-2H3/b4-3-/t5-,6+/m0/s1. The number of halogens is 1. The molecule has 0 aromatic carbocycles. The van der Waals surface area contributed by atoms with Crippen LogP contribution in [0.1, 0.15) is 13.8 Å².